The molecule has 1 unspecified atom stereocenters. The second kappa shape index (κ2) is 5.62. The van der Waals surface area contributed by atoms with Crippen LogP contribution >= 0.6 is 11.6 Å². The average Bonchev–Trinajstić information content (AvgIpc) is 2.51. The lowest BCUT2D eigenvalue weighted by Gasteiger charge is -2.37. The number of nitrogens with one attached hydrogen (secondary N) is 1. The molecule has 2 aromatic carbocycles. The number of amides is 1. The van der Waals surface area contributed by atoms with E-state index in [0.29, 0.717) is 17.1 Å². The number of anilines is 1. The lowest BCUT2D eigenvalue weighted by Crippen LogP contribution is -2.42. The van der Waals surface area contributed by atoms with E-state index in [4.69, 9.17) is 11.6 Å². The highest BCUT2D eigenvalue weighted by Crippen LogP contribution is 2.33. The third-order valence-electron chi connectivity index (χ3n) is 3.53. The normalized spacial score (nSPS) is 17.1. The van der Waals surface area contributed by atoms with Crippen LogP contribution in [-0.2, 0) is 0 Å². The average molecular weight is 299 g/mol. The molecule has 1 atom stereocenters. The molecule has 21 heavy (non-hydrogen) atoms. The van der Waals surface area contributed by atoms with Crippen LogP contribution in [0.5, 0.6) is 0 Å². The molecule has 2 aromatic rings. The predicted molar refractivity (Wildman–Crippen MR) is 85.5 cm³/mol. The maximum atomic E-state index is 12.7. The quantitative estimate of drug-likeness (QED) is 0.866. The van der Waals surface area contributed by atoms with E-state index in [1.165, 1.54) is 0 Å². The van der Waals surface area contributed by atoms with Crippen molar-refractivity contribution in [2.75, 3.05) is 11.9 Å². The minimum Gasteiger partial charge on any atom is -0.361 e. The molecule has 1 aliphatic heterocycles. The maximum Gasteiger partial charge on any atom is 0.258 e. The Bertz CT molecular complexity index is 681. The van der Waals surface area contributed by atoms with Gasteiger partial charge in [-0.05, 0) is 29.8 Å². The van der Waals surface area contributed by atoms with E-state index >= 15 is 0 Å². The summed E-state index contributed by atoms with van der Waals surface area (Å²) >= 11 is 5.94. The molecule has 4 heteroatoms. The summed E-state index contributed by atoms with van der Waals surface area (Å²) in [6.45, 7) is 4.22. The van der Waals surface area contributed by atoms with Crippen molar-refractivity contribution in [3.63, 3.8) is 0 Å². The predicted octanol–water partition coefficient (Wildman–Crippen LogP) is 4.09. The SMILES string of the molecule is C=CCN1C(=O)c2ccccc2NC1c1ccc(Cl)cc1. The van der Waals surface area contributed by atoms with Gasteiger partial charge < -0.3 is 10.2 Å². The van der Waals surface area contributed by atoms with Crippen LogP contribution in [0.1, 0.15) is 22.1 Å². The molecule has 0 saturated heterocycles. The van der Waals surface area contributed by atoms with E-state index in [-0.39, 0.29) is 12.1 Å². The highest BCUT2D eigenvalue weighted by molar-refractivity contribution is 6.30. The molecule has 3 rings (SSSR count). The molecule has 1 aliphatic rings. The largest absolute Gasteiger partial charge is 0.361 e. The van der Waals surface area contributed by atoms with Gasteiger partial charge in [0, 0.05) is 17.3 Å². The van der Waals surface area contributed by atoms with Crippen LogP contribution in [0.25, 0.3) is 0 Å². The molecule has 0 radical (unpaired) electrons. The minimum atomic E-state index is -0.220. The zero-order chi connectivity index (χ0) is 14.8. The van der Waals surface area contributed by atoms with Gasteiger partial charge in [-0.3, -0.25) is 4.79 Å². The topological polar surface area (TPSA) is 32.3 Å². The van der Waals surface area contributed by atoms with E-state index in [1.54, 1.807) is 11.0 Å². The Morgan fingerprint density at radius 3 is 2.62 bits per heavy atom. The van der Waals surface area contributed by atoms with Crippen LogP contribution in [-0.4, -0.2) is 17.4 Å². The zero-order valence-corrected chi connectivity index (χ0v) is 12.2. The molecule has 1 heterocycles. The molecule has 0 bridgehead atoms. The van der Waals surface area contributed by atoms with Crippen LogP contribution < -0.4 is 5.32 Å². The highest BCUT2D eigenvalue weighted by atomic mass is 35.5. The van der Waals surface area contributed by atoms with E-state index in [2.05, 4.69) is 11.9 Å². The Morgan fingerprint density at radius 1 is 1.19 bits per heavy atom. The van der Waals surface area contributed by atoms with Gasteiger partial charge in [0.1, 0.15) is 6.17 Å². The van der Waals surface area contributed by atoms with Crippen LogP contribution in [0.2, 0.25) is 5.02 Å². The van der Waals surface area contributed by atoms with E-state index < -0.39 is 0 Å². The number of rotatable bonds is 3. The third-order valence-corrected chi connectivity index (χ3v) is 3.79. The number of hydrogen-bond acceptors (Lipinski definition) is 2. The van der Waals surface area contributed by atoms with Gasteiger partial charge in [0.05, 0.1) is 5.56 Å². The number of fused-ring (bicyclic) bond motifs is 1. The molecular weight excluding hydrogens is 284 g/mol. The third kappa shape index (κ3) is 2.52. The molecule has 0 saturated carbocycles. The smallest absolute Gasteiger partial charge is 0.258 e. The first-order chi connectivity index (χ1) is 10.2. The summed E-state index contributed by atoms with van der Waals surface area (Å²) < 4.78 is 0. The number of para-hydroxylation sites is 1. The summed E-state index contributed by atoms with van der Waals surface area (Å²) in [5.41, 5.74) is 2.52. The lowest BCUT2D eigenvalue weighted by atomic mass is 10.0. The van der Waals surface area contributed by atoms with Crippen molar-refractivity contribution in [3.05, 3.63) is 77.3 Å². The number of carbonyl (C=O) groups excluding carboxylic acids is 1. The summed E-state index contributed by atoms with van der Waals surface area (Å²) in [6.07, 6.45) is 1.51. The van der Waals surface area contributed by atoms with Gasteiger partial charge >= 0.3 is 0 Å². The molecular formula is C17H15ClN2O. The standard InChI is InChI=1S/C17H15ClN2O/c1-2-11-20-16(12-7-9-13(18)10-8-12)19-15-6-4-3-5-14(15)17(20)21/h2-10,16,19H,1,11H2. The van der Waals surface area contributed by atoms with E-state index in [1.807, 2.05) is 48.5 Å². The zero-order valence-electron chi connectivity index (χ0n) is 11.4. The van der Waals surface area contributed by atoms with Crippen LogP contribution in [0.3, 0.4) is 0 Å². The maximum absolute atomic E-state index is 12.7. The fraction of sp³-hybridized carbons (Fsp3) is 0.118. The minimum absolute atomic E-state index is 0.00389. The molecule has 1 amide bonds. The van der Waals surface area contributed by atoms with Gasteiger partial charge in [-0.15, -0.1) is 6.58 Å². The number of halogens is 1. The monoisotopic (exact) mass is 298 g/mol. The summed E-state index contributed by atoms with van der Waals surface area (Å²) in [5, 5.41) is 4.09. The van der Waals surface area contributed by atoms with Crippen molar-refractivity contribution in [2.45, 2.75) is 6.17 Å². The first-order valence-electron chi connectivity index (χ1n) is 6.73. The first kappa shape index (κ1) is 13.7. The van der Waals surface area contributed by atoms with Crippen molar-refractivity contribution in [1.82, 2.24) is 4.90 Å². The molecule has 0 spiro atoms. The Labute approximate surface area is 128 Å². The fourth-order valence-corrected chi connectivity index (χ4v) is 2.65. The Kier molecular flexibility index (Phi) is 3.67. The summed E-state index contributed by atoms with van der Waals surface area (Å²) in [4.78, 5) is 14.4. The first-order valence-corrected chi connectivity index (χ1v) is 7.11. The number of hydrogen-bond donors (Lipinski definition) is 1. The second-order valence-corrected chi connectivity index (χ2v) is 5.33. The van der Waals surface area contributed by atoms with Crippen LogP contribution in [0.15, 0.2) is 61.2 Å². The fourth-order valence-electron chi connectivity index (χ4n) is 2.53. The Hall–Kier alpha value is -2.26. The number of benzene rings is 2. The van der Waals surface area contributed by atoms with Crippen molar-refractivity contribution >= 4 is 23.2 Å². The van der Waals surface area contributed by atoms with Gasteiger partial charge in [0.15, 0.2) is 0 Å². The highest BCUT2D eigenvalue weighted by Gasteiger charge is 2.31. The Morgan fingerprint density at radius 2 is 1.90 bits per heavy atom. The molecule has 0 fully saturated rings. The lowest BCUT2D eigenvalue weighted by molar-refractivity contribution is 0.0707. The van der Waals surface area contributed by atoms with E-state index in [9.17, 15) is 4.79 Å². The number of nitrogens with zero attached hydrogens (tertiary/aromatic N) is 1. The van der Waals surface area contributed by atoms with E-state index in [0.717, 1.165) is 11.3 Å². The molecule has 0 aromatic heterocycles. The van der Waals surface area contributed by atoms with Crippen LogP contribution in [0.4, 0.5) is 5.69 Å². The molecule has 1 N–H and O–H groups in total. The van der Waals surface area contributed by atoms with Crippen molar-refractivity contribution in [2.24, 2.45) is 0 Å². The van der Waals surface area contributed by atoms with Crippen molar-refractivity contribution in [3.8, 4) is 0 Å². The molecule has 0 aliphatic carbocycles. The summed E-state index contributed by atoms with van der Waals surface area (Å²) in [6, 6.07) is 15.1. The second-order valence-electron chi connectivity index (χ2n) is 4.89. The summed E-state index contributed by atoms with van der Waals surface area (Å²) in [5.74, 6) is 0.00389. The molecule has 106 valence electrons. The van der Waals surface area contributed by atoms with Gasteiger partial charge in [-0.2, -0.15) is 0 Å². The van der Waals surface area contributed by atoms with Crippen molar-refractivity contribution < 1.29 is 4.79 Å². The van der Waals surface area contributed by atoms with Crippen molar-refractivity contribution in [1.29, 1.82) is 0 Å². The number of carbonyl (C=O) groups is 1. The molecule has 3 nitrogen and oxygen atoms in total. The van der Waals surface area contributed by atoms with Crippen LogP contribution in [0, 0.1) is 0 Å². The summed E-state index contributed by atoms with van der Waals surface area (Å²) in [7, 11) is 0. The van der Waals surface area contributed by atoms with Gasteiger partial charge in [-0.25, -0.2) is 0 Å². The van der Waals surface area contributed by atoms with Gasteiger partial charge in [-0.1, -0.05) is 41.9 Å². The Balaban J connectivity index is 2.04. The van der Waals surface area contributed by atoms with Gasteiger partial charge in [0.25, 0.3) is 5.91 Å². The van der Waals surface area contributed by atoms with Gasteiger partial charge in [0.2, 0.25) is 0 Å².